The topological polar surface area (TPSA) is 63.5 Å². The molecule has 27 heavy (non-hydrogen) atoms. The predicted molar refractivity (Wildman–Crippen MR) is 104 cm³/mol. The van der Waals surface area contributed by atoms with E-state index in [2.05, 4.69) is 10.3 Å². The molecule has 136 valence electrons. The van der Waals surface area contributed by atoms with Crippen molar-refractivity contribution < 1.29 is 9.59 Å². The summed E-state index contributed by atoms with van der Waals surface area (Å²) < 4.78 is 1.90. The van der Waals surface area contributed by atoms with Crippen molar-refractivity contribution in [3.05, 3.63) is 101 Å². The van der Waals surface area contributed by atoms with Crippen LogP contribution in [0.1, 0.15) is 21.5 Å². The highest BCUT2D eigenvalue weighted by Crippen LogP contribution is 2.06. The molecule has 1 aromatic heterocycles. The summed E-state index contributed by atoms with van der Waals surface area (Å²) in [6, 6.07) is 22.7. The van der Waals surface area contributed by atoms with Crippen LogP contribution in [0.25, 0.3) is 0 Å². The van der Waals surface area contributed by atoms with Crippen LogP contribution < -0.4 is 10.8 Å². The molecule has 0 saturated carbocycles. The number of aromatic nitrogens is 1. The number of hydrogen-bond donors (Lipinski definition) is 1. The van der Waals surface area contributed by atoms with Crippen molar-refractivity contribution in [1.29, 1.82) is 0 Å². The molecule has 3 aromatic rings. The first-order chi connectivity index (χ1) is 13.1. The van der Waals surface area contributed by atoms with Crippen LogP contribution >= 0.6 is 0 Å². The highest BCUT2D eigenvalue weighted by atomic mass is 16.2. The van der Waals surface area contributed by atoms with E-state index in [1.807, 2.05) is 72.3 Å². The lowest BCUT2D eigenvalue weighted by Gasteiger charge is -2.08. The Morgan fingerprint density at radius 3 is 2.41 bits per heavy atom. The van der Waals surface area contributed by atoms with Gasteiger partial charge in [0.1, 0.15) is 5.49 Å². The predicted octanol–water partition coefficient (Wildman–Crippen LogP) is 2.70. The van der Waals surface area contributed by atoms with Gasteiger partial charge < -0.3 is 9.88 Å². The van der Waals surface area contributed by atoms with Gasteiger partial charge in [0.25, 0.3) is 11.8 Å². The first kappa shape index (κ1) is 18.3. The molecule has 0 bridgehead atoms. The van der Waals surface area contributed by atoms with Gasteiger partial charge in [0.05, 0.1) is 6.54 Å². The van der Waals surface area contributed by atoms with E-state index in [-0.39, 0.29) is 12.5 Å². The van der Waals surface area contributed by atoms with Crippen molar-refractivity contribution in [3.8, 4) is 0 Å². The second kappa shape index (κ2) is 8.76. The summed E-state index contributed by atoms with van der Waals surface area (Å²) in [7, 11) is 0. The second-order valence-corrected chi connectivity index (χ2v) is 6.18. The molecule has 0 aliphatic heterocycles. The molecule has 0 aliphatic carbocycles. The zero-order valence-electron chi connectivity index (χ0n) is 15.1. The molecule has 1 heterocycles. The Morgan fingerprint density at radius 1 is 0.926 bits per heavy atom. The largest absolute Gasteiger partial charge is 0.343 e. The van der Waals surface area contributed by atoms with Gasteiger partial charge >= 0.3 is 0 Å². The van der Waals surface area contributed by atoms with Gasteiger partial charge in [-0.05, 0) is 36.2 Å². The summed E-state index contributed by atoms with van der Waals surface area (Å²) in [5, 5.41) is 2.64. The summed E-state index contributed by atoms with van der Waals surface area (Å²) in [5.74, 6) is -0.674. The Kier molecular flexibility index (Phi) is 5.94. The lowest BCUT2D eigenvalue weighted by Crippen LogP contribution is -2.31. The molecule has 0 spiro atoms. The molecule has 0 unspecified atom stereocenters. The van der Waals surface area contributed by atoms with Crippen LogP contribution in [-0.2, 0) is 11.3 Å². The quantitative estimate of drug-likeness (QED) is 0.761. The summed E-state index contributed by atoms with van der Waals surface area (Å²) in [6.45, 7) is 2.33. The molecule has 0 aliphatic rings. The molecule has 5 heteroatoms. The molecular weight excluding hydrogens is 338 g/mol. The fourth-order valence-corrected chi connectivity index (χ4v) is 2.73. The fourth-order valence-electron chi connectivity index (χ4n) is 2.73. The third-order valence-corrected chi connectivity index (χ3v) is 4.14. The number of carbonyl (C=O) groups is 2. The minimum Gasteiger partial charge on any atom is -0.343 e. The molecule has 0 saturated heterocycles. The molecule has 0 fully saturated rings. The van der Waals surface area contributed by atoms with Crippen LogP contribution in [0.15, 0.2) is 84.0 Å². The monoisotopic (exact) mass is 359 g/mol. The van der Waals surface area contributed by atoms with Crippen molar-refractivity contribution in [2.45, 2.75) is 13.5 Å². The maximum atomic E-state index is 12.2. The van der Waals surface area contributed by atoms with Crippen molar-refractivity contribution in [2.75, 3.05) is 6.54 Å². The lowest BCUT2D eigenvalue weighted by molar-refractivity contribution is -0.117. The van der Waals surface area contributed by atoms with Crippen LogP contribution in [0.4, 0.5) is 0 Å². The average molecular weight is 359 g/mol. The molecule has 2 aromatic carbocycles. The number of benzene rings is 2. The van der Waals surface area contributed by atoms with Crippen LogP contribution in [0.3, 0.4) is 0 Å². The van der Waals surface area contributed by atoms with Gasteiger partial charge in [-0.3, -0.25) is 9.59 Å². The smallest absolute Gasteiger partial charge is 0.267 e. The van der Waals surface area contributed by atoms with E-state index in [4.69, 9.17) is 0 Å². The van der Waals surface area contributed by atoms with E-state index >= 15 is 0 Å². The van der Waals surface area contributed by atoms with Crippen molar-refractivity contribution in [3.63, 3.8) is 0 Å². The Morgan fingerprint density at radius 2 is 1.63 bits per heavy atom. The molecule has 3 rings (SSSR count). The lowest BCUT2D eigenvalue weighted by atomic mass is 10.1. The van der Waals surface area contributed by atoms with E-state index in [0.717, 1.165) is 11.1 Å². The zero-order chi connectivity index (χ0) is 19.1. The standard InChI is InChI=1S/C22H21N3O2/c1-17-9-5-6-12-19(17)22(27)23-15-21(26)24-20-13-7-8-14-25(20)16-18-10-3-2-4-11-18/h2-14H,15-16H2,1H3,(H,23,27). The van der Waals surface area contributed by atoms with Crippen molar-refractivity contribution in [1.82, 2.24) is 9.88 Å². The summed E-state index contributed by atoms with van der Waals surface area (Å²) >= 11 is 0. The zero-order valence-corrected chi connectivity index (χ0v) is 15.1. The third kappa shape index (κ3) is 5.01. The third-order valence-electron chi connectivity index (χ3n) is 4.14. The van der Waals surface area contributed by atoms with E-state index in [1.165, 1.54) is 0 Å². The van der Waals surface area contributed by atoms with Gasteiger partial charge in [-0.15, -0.1) is 0 Å². The number of nitrogens with zero attached hydrogens (tertiary/aromatic N) is 2. The first-order valence-corrected chi connectivity index (χ1v) is 8.74. The molecule has 0 radical (unpaired) electrons. The number of rotatable bonds is 5. The fraction of sp³-hybridized carbons (Fsp3) is 0.136. The van der Waals surface area contributed by atoms with E-state index in [1.54, 1.807) is 18.2 Å². The molecule has 2 amide bonds. The van der Waals surface area contributed by atoms with Gasteiger partial charge in [0, 0.05) is 18.3 Å². The first-order valence-electron chi connectivity index (χ1n) is 8.74. The van der Waals surface area contributed by atoms with Gasteiger partial charge in [0.2, 0.25) is 0 Å². The van der Waals surface area contributed by atoms with E-state index < -0.39 is 5.91 Å². The van der Waals surface area contributed by atoms with Gasteiger partial charge in [-0.25, -0.2) is 0 Å². The number of amides is 2. The van der Waals surface area contributed by atoms with Crippen LogP contribution in [0, 0.1) is 6.92 Å². The minimum absolute atomic E-state index is 0.145. The average Bonchev–Trinajstić information content (AvgIpc) is 2.69. The van der Waals surface area contributed by atoms with Gasteiger partial charge in [-0.2, -0.15) is 4.99 Å². The van der Waals surface area contributed by atoms with Crippen molar-refractivity contribution >= 4 is 11.8 Å². The molecular formula is C22H21N3O2. The Labute approximate surface area is 158 Å². The highest BCUT2D eigenvalue weighted by Gasteiger charge is 2.09. The number of hydrogen-bond acceptors (Lipinski definition) is 2. The van der Waals surface area contributed by atoms with Crippen LogP contribution in [0.5, 0.6) is 0 Å². The maximum absolute atomic E-state index is 12.2. The minimum atomic E-state index is -0.398. The SMILES string of the molecule is Cc1ccccc1C(=O)NCC(=O)N=c1ccccn1Cc1ccccc1. The normalized spacial score (nSPS) is 11.2. The second-order valence-electron chi connectivity index (χ2n) is 6.18. The van der Waals surface area contributed by atoms with Crippen LogP contribution in [0.2, 0.25) is 0 Å². The Bertz CT molecular complexity index is 1010. The number of nitrogens with one attached hydrogen (secondary N) is 1. The van der Waals surface area contributed by atoms with E-state index in [0.29, 0.717) is 17.6 Å². The summed E-state index contributed by atoms with van der Waals surface area (Å²) in [6.07, 6.45) is 1.88. The van der Waals surface area contributed by atoms with Crippen LogP contribution in [-0.4, -0.2) is 22.9 Å². The Hall–Kier alpha value is -3.47. The van der Waals surface area contributed by atoms with Crippen molar-refractivity contribution in [2.24, 2.45) is 4.99 Å². The summed E-state index contributed by atoms with van der Waals surface area (Å²) in [4.78, 5) is 28.6. The molecule has 0 atom stereocenters. The summed E-state index contributed by atoms with van der Waals surface area (Å²) in [5.41, 5.74) is 3.09. The van der Waals surface area contributed by atoms with E-state index in [9.17, 15) is 9.59 Å². The number of carbonyl (C=O) groups excluding carboxylic acids is 2. The van der Waals surface area contributed by atoms with Gasteiger partial charge in [0.15, 0.2) is 0 Å². The molecule has 1 N–H and O–H groups in total. The van der Waals surface area contributed by atoms with Gasteiger partial charge in [-0.1, -0.05) is 54.6 Å². The molecule has 5 nitrogen and oxygen atoms in total. The highest BCUT2D eigenvalue weighted by molar-refractivity contribution is 5.97. The number of pyridine rings is 1. The maximum Gasteiger partial charge on any atom is 0.267 e. The Balaban J connectivity index is 1.70. The number of aryl methyl sites for hydroxylation is 1.